The molecule has 0 radical (unpaired) electrons. The van der Waals surface area contributed by atoms with Crippen molar-refractivity contribution in [3.63, 3.8) is 0 Å². The highest BCUT2D eigenvalue weighted by Gasteiger charge is 2.31. The van der Waals surface area contributed by atoms with Crippen LogP contribution >= 0.6 is 11.8 Å². The van der Waals surface area contributed by atoms with E-state index in [4.69, 9.17) is 4.74 Å². The van der Waals surface area contributed by atoms with Crippen LogP contribution in [-0.2, 0) is 22.3 Å². The van der Waals surface area contributed by atoms with Crippen molar-refractivity contribution in [2.24, 2.45) is 0 Å². The first-order valence-electron chi connectivity index (χ1n) is 9.32. The van der Waals surface area contributed by atoms with Gasteiger partial charge >= 0.3 is 6.18 Å². The van der Waals surface area contributed by atoms with Gasteiger partial charge in [-0.3, -0.25) is 4.79 Å². The van der Waals surface area contributed by atoms with Gasteiger partial charge in [0.05, 0.1) is 34.6 Å². The van der Waals surface area contributed by atoms with Crippen LogP contribution in [0.4, 0.5) is 13.2 Å². The second kappa shape index (κ2) is 8.32. The van der Waals surface area contributed by atoms with Crippen LogP contribution in [0.25, 0.3) is 11.0 Å². The van der Waals surface area contributed by atoms with Crippen molar-refractivity contribution in [3.8, 4) is 0 Å². The average Bonchev–Trinajstić information content (AvgIpc) is 2.95. The van der Waals surface area contributed by atoms with Crippen LogP contribution < -0.4 is 0 Å². The number of rotatable bonds is 5. The molecule has 154 valence electrons. The van der Waals surface area contributed by atoms with Crippen molar-refractivity contribution in [1.82, 2.24) is 14.5 Å². The Morgan fingerprint density at radius 2 is 1.96 bits per heavy atom. The van der Waals surface area contributed by atoms with Gasteiger partial charge in [-0.25, -0.2) is 4.98 Å². The number of nitrogens with zero attached hydrogens (tertiary/aromatic N) is 3. The largest absolute Gasteiger partial charge is 0.416 e. The zero-order valence-electron chi connectivity index (χ0n) is 16.1. The van der Waals surface area contributed by atoms with Crippen LogP contribution in [0.5, 0.6) is 0 Å². The number of hydrogen-bond donors (Lipinski definition) is 0. The number of hydrogen-bond acceptors (Lipinski definition) is 4. The third-order valence-electron chi connectivity index (χ3n) is 4.58. The van der Waals surface area contributed by atoms with E-state index >= 15 is 0 Å². The number of fused-ring (bicyclic) bond motifs is 1. The normalized spacial score (nSPS) is 20.7. The Balaban J connectivity index is 1.80. The molecular weight excluding hydrogens is 391 g/mol. The smallest absolute Gasteiger partial charge is 0.372 e. The summed E-state index contributed by atoms with van der Waals surface area (Å²) in [4.78, 5) is 18.8. The van der Waals surface area contributed by atoms with E-state index in [2.05, 4.69) is 4.98 Å². The number of aromatic nitrogens is 2. The van der Waals surface area contributed by atoms with Gasteiger partial charge in [0.25, 0.3) is 0 Å². The molecule has 5 nitrogen and oxygen atoms in total. The lowest BCUT2D eigenvalue weighted by atomic mass is 10.2. The third-order valence-corrected chi connectivity index (χ3v) is 5.55. The molecule has 1 aliphatic rings. The minimum Gasteiger partial charge on any atom is -0.372 e. The van der Waals surface area contributed by atoms with Crippen molar-refractivity contribution in [1.29, 1.82) is 0 Å². The molecule has 2 unspecified atom stereocenters. The lowest BCUT2D eigenvalue weighted by Gasteiger charge is -2.35. The fraction of sp³-hybridized carbons (Fsp3) is 0.579. The van der Waals surface area contributed by atoms with E-state index in [-0.39, 0.29) is 23.9 Å². The summed E-state index contributed by atoms with van der Waals surface area (Å²) in [5.41, 5.74) is 0.256. The Bertz CT molecular complexity index is 843. The summed E-state index contributed by atoms with van der Waals surface area (Å²) in [6.45, 7) is 7.45. The van der Waals surface area contributed by atoms with Gasteiger partial charge in [-0.05, 0) is 38.5 Å². The first-order chi connectivity index (χ1) is 13.2. The molecule has 1 fully saturated rings. The number of benzene rings is 1. The van der Waals surface area contributed by atoms with E-state index < -0.39 is 11.7 Å². The van der Waals surface area contributed by atoms with E-state index in [0.29, 0.717) is 35.8 Å². The summed E-state index contributed by atoms with van der Waals surface area (Å²) in [7, 11) is 0. The van der Waals surface area contributed by atoms with Crippen LogP contribution in [0, 0.1) is 0 Å². The van der Waals surface area contributed by atoms with Crippen LogP contribution in [0.3, 0.4) is 0 Å². The summed E-state index contributed by atoms with van der Waals surface area (Å²) in [5.74, 6) is 0.177. The highest BCUT2D eigenvalue weighted by Crippen LogP contribution is 2.33. The Kier molecular flexibility index (Phi) is 6.24. The standard InChI is InChI=1S/C19H24F3N3O2S/c1-4-7-25-16-8-14(19(20,21)22)5-6-15(16)23-18(25)28-11-17(26)24-9-12(2)27-13(3)10-24/h5-6,8,12-13H,4,7,9-11H2,1-3H3. The minimum absolute atomic E-state index is 0.0110. The van der Waals surface area contributed by atoms with E-state index in [1.807, 2.05) is 20.8 Å². The molecule has 2 heterocycles. The maximum atomic E-state index is 13.1. The number of thioether (sulfide) groups is 1. The highest BCUT2D eigenvalue weighted by atomic mass is 32.2. The predicted octanol–water partition coefficient (Wildman–Crippen LogP) is 4.19. The maximum Gasteiger partial charge on any atom is 0.416 e. The van der Waals surface area contributed by atoms with Gasteiger partial charge in [-0.1, -0.05) is 18.7 Å². The second-order valence-electron chi connectivity index (χ2n) is 7.09. The van der Waals surface area contributed by atoms with Crippen molar-refractivity contribution in [2.45, 2.75) is 57.3 Å². The number of carbonyl (C=O) groups is 1. The number of alkyl halides is 3. The molecule has 0 spiro atoms. The molecule has 1 aliphatic heterocycles. The quantitative estimate of drug-likeness (QED) is 0.687. The molecule has 3 rings (SSSR count). The first kappa shape index (κ1) is 21.0. The molecule has 1 amide bonds. The van der Waals surface area contributed by atoms with E-state index in [1.165, 1.54) is 17.8 Å². The number of ether oxygens (including phenoxy) is 1. The Morgan fingerprint density at radius 1 is 1.29 bits per heavy atom. The van der Waals surface area contributed by atoms with E-state index in [1.54, 1.807) is 9.47 Å². The van der Waals surface area contributed by atoms with Crippen molar-refractivity contribution < 1.29 is 22.7 Å². The van der Waals surface area contributed by atoms with E-state index in [9.17, 15) is 18.0 Å². The topological polar surface area (TPSA) is 47.4 Å². The summed E-state index contributed by atoms with van der Waals surface area (Å²) in [5, 5.41) is 0.568. The van der Waals surface area contributed by atoms with Crippen molar-refractivity contribution in [2.75, 3.05) is 18.8 Å². The molecule has 1 saturated heterocycles. The number of imidazole rings is 1. The summed E-state index contributed by atoms with van der Waals surface area (Å²) >= 11 is 1.27. The molecule has 0 bridgehead atoms. The van der Waals surface area contributed by atoms with Gasteiger partial charge in [0.2, 0.25) is 5.91 Å². The zero-order valence-corrected chi connectivity index (χ0v) is 16.9. The molecule has 0 N–H and O–H groups in total. The van der Waals surface area contributed by atoms with Gasteiger partial charge in [0, 0.05) is 19.6 Å². The molecule has 9 heteroatoms. The minimum atomic E-state index is -4.40. The summed E-state index contributed by atoms with van der Waals surface area (Å²) < 4.78 is 46.6. The predicted molar refractivity (Wildman–Crippen MR) is 102 cm³/mol. The van der Waals surface area contributed by atoms with Crippen LogP contribution in [0.2, 0.25) is 0 Å². The van der Waals surface area contributed by atoms with Crippen molar-refractivity contribution >= 4 is 28.7 Å². The fourth-order valence-corrected chi connectivity index (χ4v) is 4.37. The van der Waals surface area contributed by atoms with Gasteiger partial charge in [0.1, 0.15) is 0 Å². The zero-order chi connectivity index (χ0) is 20.5. The van der Waals surface area contributed by atoms with Gasteiger partial charge in [-0.15, -0.1) is 0 Å². The molecule has 0 aliphatic carbocycles. The van der Waals surface area contributed by atoms with Gasteiger partial charge in [0.15, 0.2) is 5.16 Å². The van der Waals surface area contributed by atoms with Crippen LogP contribution in [0.1, 0.15) is 32.8 Å². The monoisotopic (exact) mass is 415 g/mol. The molecule has 2 aromatic rings. The summed E-state index contributed by atoms with van der Waals surface area (Å²) in [6.07, 6.45) is -3.67. The first-order valence-corrected chi connectivity index (χ1v) is 10.3. The maximum absolute atomic E-state index is 13.1. The molecular formula is C19H24F3N3O2S. The van der Waals surface area contributed by atoms with Crippen LogP contribution in [0.15, 0.2) is 23.4 Å². The number of aryl methyl sites for hydroxylation is 1. The Labute approximate surface area is 166 Å². The molecule has 1 aromatic heterocycles. The van der Waals surface area contributed by atoms with E-state index in [0.717, 1.165) is 18.6 Å². The SMILES string of the molecule is CCCn1c(SCC(=O)N2CC(C)OC(C)C2)nc2ccc(C(F)(F)F)cc21. The van der Waals surface area contributed by atoms with Gasteiger partial charge in [-0.2, -0.15) is 13.2 Å². The highest BCUT2D eigenvalue weighted by molar-refractivity contribution is 7.99. The Morgan fingerprint density at radius 3 is 2.57 bits per heavy atom. The fourth-order valence-electron chi connectivity index (χ4n) is 3.43. The van der Waals surface area contributed by atoms with Gasteiger partial charge < -0.3 is 14.2 Å². The molecule has 0 saturated carbocycles. The lowest BCUT2D eigenvalue weighted by molar-refractivity contribution is -0.140. The summed E-state index contributed by atoms with van der Waals surface area (Å²) in [6, 6.07) is 3.57. The number of amides is 1. The molecule has 1 aromatic carbocycles. The molecule has 2 atom stereocenters. The number of morpholine rings is 1. The Hall–Kier alpha value is -1.74. The van der Waals surface area contributed by atoms with Crippen LogP contribution in [-0.4, -0.2) is 51.4 Å². The third kappa shape index (κ3) is 4.63. The second-order valence-corrected chi connectivity index (χ2v) is 8.03. The molecule has 28 heavy (non-hydrogen) atoms. The lowest BCUT2D eigenvalue weighted by Crippen LogP contribution is -2.48. The average molecular weight is 415 g/mol. The number of carbonyl (C=O) groups excluding carboxylic acids is 1. The number of halogens is 3. The van der Waals surface area contributed by atoms with Crippen molar-refractivity contribution in [3.05, 3.63) is 23.8 Å².